The van der Waals surface area contributed by atoms with E-state index in [0.717, 1.165) is 11.1 Å². The summed E-state index contributed by atoms with van der Waals surface area (Å²) in [6.07, 6.45) is 0. The van der Waals surface area contributed by atoms with E-state index in [-0.39, 0.29) is 18.3 Å². The first-order valence-corrected chi connectivity index (χ1v) is 8.33. The molecule has 0 heterocycles. The molecule has 0 unspecified atom stereocenters. The number of rotatable bonds is 5. The lowest BCUT2D eigenvalue weighted by atomic mass is 10.0. The van der Waals surface area contributed by atoms with Crippen LogP contribution in [0.2, 0.25) is 0 Å². The average molecular weight is 293 g/mol. The molecule has 1 saturated carbocycles. The van der Waals surface area contributed by atoms with Crippen molar-refractivity contribution in [1.29, 1.82) is 5.26 Å². The SMILES string of the molecule is CCS(=O)(=O)[C@@H]1[C@@H](c2ccc(C)cc2)[C@@]1(C#N)COC. The van der Waals surface area contributed by atoms with Crippen molar-refractivity contribution in [2.24, 2.45) is 5.41 Å². The monoisotopic (exact) mass is 293 g/mol. The molecule has 4 nitrogen and oxygen atoms in total. The number of ether oxygens (including phenoxy) is 1. The predicted octanol–water partition coefficient (Wildman–Crippen LogP) is 2.05. The van der Waals surface area contributed by atoms with Crippen molar-refractivity contribution in [3.63, 3.8) is 0 Å². The van der Waals surface area contributed by atoms with Gasteiger partial charge in [0.05, 0.1) is 17.9 Å². The molecule has 5 heteroatoms. The largest absolute Gasteiger partial charge is 0.383 e. The summed E-state index contributed by atoms with van der Waals surface area (Å²) in [5.41, 5.74) is 1.06. The van der Waals surface area contributed by atoms with E-state index >= 15 is 0 Å². The Hall–Kier alpha value is -1.38. The number of hydrogen-bond acceptors (Lipinski definition) is 4. The molecule has 0 saturated heterocycles. The fraction of sp³-hybridized carbons (Fsp3) is 0.533. The van der Waals surface area contributed by atoms with Crippen molar-refractivity contribution >= 4 is 9.84 Å². The van der Waals surface area contributed by atoms with Crippen LogP contribution in [0.3, 0.4) is 0 Å². The molecule has 1 aromatic carbocycles. The quantitative estimate of drug-likeness (QED) is 0.833. The summed E-state index contributed by atoms with van der Waals surface area (Å²) >= 11 is 0. The zero-order valence-corrected chi connectivity index (χ0v) is 12.8. The molecule has 108 valence electrons. The van der Waals surface area contributed by atoms with Gasteiger partial charge in [-0.05, 0) is 12.5 Å². The van der Waals surface area contributed by atoms with Crippen LogP contribution in [-0.4, -0.2) is 33.1 Å². The zero-order valence-electron chi connectivity index (χ0n) is 12.0. The molecular weight excluding hydrogens is 274 g/mol. The zero-order chi connectivity index (χ0) is 15.0. The summed E-state index contributed by atoms with van der Waals surface area (Å²) in [6.45, 7) is 3.74. The summed E-state index contributed by atoms with van der Waals surface area (Å²) in [4.78, 5) is 0. The van der Waals surface area contributed by atoms with E-state index in [2.05, 4.69) is 6.07 Å². The molecule has 1 aliphatic carbocycles. The van der Waals surface area contributed by atoms with E-state index in [9.17, 15) is 13.7 Å². The second kappa shape index (κ2) is 5.19. The lowest BCUT2D eigenvalue weighted by Crippen LogP contribution is -2.20. The van der Waals surface area contributed by atoms with Crippen LogP contribution in [0.25, 0.3) is 0 Å². The second-order valence-electron chi connectivity index (χ2n) is 5.35. The van der Waals surface area contributed by atoms with Crippen LogP contribution in [0.4, 0.5) is 0 Å². The first-order chi connectivity index (χ1) is 9.43. The van der Waals surface area contributed by atoms with E-state index in [4.69, 9.17) is 4.74 Å². The molecule has 0 bridgehead atoms. The summed E-state index contributed by atoms with van der Waals surface area (Å²) in [5.74, 6) is -0.245. The molecular formula is C15H19NO3S. The van der Waals surface area contributed by atoms with Gasteiger partial charge in [0.15, 0.2) is 9.84 Å². The fourth-order valence-corrected chi connectivity index (χ4v) is 4.94. The lowest BCUT2D eigenvalue weighted by molar-refractivity contribution is 0.162. The molecule has 0 radical (unpaired) electrons. The van der Waals surface area contributed by atoms with Gasteiger partial charge in [0.25, 0.3) is 0 Å². The number of hydrogen-bond donors (Lipinski definition) is 0. The van der Waals surface area contributed by atoms with Gasteiger partial charge in [0.2, 0.25) is 0 Å². The number of sulfone groups is 1. The minimum Gasteiger partial charge on any atom is -0.383 e. The average Bonchev–Trinajstić information content (AvgIpc) is 3.10. The molecule has 1 aliphatic rings. The third kappa shape index (κ3) is 2.23. The van der Waals surface area contributed by atoms with Crippen molar-refractivity contribution in [2.75, 3.05) is 19.5 Å². The Morgan fingerprint density at radius 3 is 2.40 bits per heavy atom. The minimum absolute atomic E-state index is 0.0488. The maximum atomic E-state index is 12.3. The van der Waals surface area contributed by atoms with Crippen LogP contribution >= 0.6 is 0 Å². The van der Waals surface area contributed by atoms with E-state index < -0.39 is 20.5 Å². The molecule has 20 heavy (non-hydrogen) atoms. The van der Waals surface area contributed by atoms with Crippen molar-refractivity contribution in [3.05, 3.63) is 35.4 Å². The molecule has 3 atom stereocenters. The Kier molecular flexibility index (Phi) is 3.90. The molecule has 0 aromatic heterocycles. The van der Waals surface area contributed by atoms with Gasteiger partial charge in [0.1, 0.15) is 5.41 Å². The maximum Gasteiger partial charge on any atom is 0.155 e. The molecule has 1 aromatic rings. The fourth-order valence-electron chi connectivity index (χ4n) is 2.93. The first kappa shape index (κ1) is 15.0. The van der Waals surface area contributed by atoms with Crippen molar-refractivity contribution in [2.45, 2.75) is 25.0 Å². The number of nitriles is 1. The Labute approximate surface area is 120 Å². The predicted molar refractivity (Wildman–Crippen MR) is 77.1 cm³/mol. The number of aryl methyl sites for hydroxylation is 1. The van der Waals surface area contributed by atoms with Gasteiger partial charge in [-0.3, -0.25) is 0 Å². The first-order valence-electron chi connectivity index (χ1n) is 6.61. The van der Waals surface area contributed by atoms with E-state index in [0.29, 0.717) is 0 Å². The highest BCUT2D eigenvalue weighted by Crippen LogP contribution is 2.62. The van der Waals surface area contributed by atoms with Crippen LogP contribution in [0.15, 0.2) is 24.3 Å². The van der Waals surface area contributed by atoms with Crippen LogP contribution in [0.1, 0.15) is 24.0 Å². The van der Waals surface area contributed by atoms with Gasteiger partial charge in [-0.25, -0.2) is 8.42 Å². The molecule has 0 amide bonds. The van der Waals surface area contributed by atoms with E-state index in [1.54, 1.807) is 6.92 Å². The van der Waals surface area contributed by atoms with Crippen LogP contribution < -0.4 is 0 Å². The molecule has 0 aliphatic heterocycles. The van der Waals surface area contributed by atoms with Crippen LogP contribution in [0.5, 0.6) is 0 Å². The highest BCUT2D eigenvalue weighted by Gasteiger charge is 2.71. The highest BCUT2D eigenvalue weighted by molar-refractivity contribution is 7.92. The summed E-state index contributed by atoms with van der Waals surface area (Å²) in [7, 11) is -1.78. The summed E-state index contributed by atoms with van der Waals surface area (Å²) < 4.78 is 29.6. The van der Waals surface area contributed by atoms with Crippen molar-refractivity contribution in [3.8, 4) is 6.07 Å². The standard InChI is InChI=1S/C15H19NO3S/c1-4-20(17,18)14-13(15(14,9-16)10-19-3)12-7-5-11(2)6-8-12/h5-8,13-14H,4,10H2,1-3H3/t13-,14-,15-/m1/s1. The molecule has 1 fully saturated rings. The van der Waals surface area contributed by atoms with E-state index in [1.165, 1.54) is 7.11 Å². The van der Waals surface area contributed by atoms with Crippen molar-refractivity contribution in [1.82, 2.24) is 0 Å². The normalized spacial score (nSPS) is 28.9. The van der Waals surface area contributed by atoms with Gasteiger partial charge < -0.3 is 4.74 Å². The van der Waals surface area contributed by atoms with Gasteiger partial charge in [-0.1, -0.05) is 36.8 Å². The summed E-state index contributed by atoms with van der Waals surface area (Å²) in [6, 6.07) is 9.91. The molecule has 0 N–H and O–H groups in total. The number of methoxy groups -OCH3 is 1. The third-order valence-electron chi connectivity index (χ3n) is 4.07. The highest BCUT2D eigenvalue weighted by atomic mass is 32.2. The van der Waals surface area contributed by atoms with Crippen molar-refractivity contribution < 1.29 is 13.2 Å². The maximum absolute atomic E-state index is 12.3. The van der Waals surface area contributed by atoms with Gasteiger partial charge in [0, 0.05) is 18.8 Å². The number of nitrogens with zero attached hydrogens (tertiary/aromatic N) is 1. The van der Waals surface area contributed by atoms with Gasteiger partial charge >= 0.3 is 0 Å². The van der Waals surface area contributed by atoms with E-state index in [1.807, 2.05) is 31.2 Å². The third-order valence-corrected chi connectivity index (χ3v) is 6.34. The van der Waals surface area contributed by atoms with Gasteiger partial charge in [-0.2, -0.15) is 5.26 Å². The Balaban J connectivity index is 2.45. The minimum atomic E-state index is -3.28. The topological polar surface area (TPSA) is 67.2 Å². The second-order valence-corrected chi connectivity index (χ2v) is 7.76. The smallest absolute Gasteiger partial charge is 0.155 e. The molecule has 2 rings (SSSR count). The lowest BCUT2D eigenvalue weighted by Gasteiger charge is -2.07. The Morgan fingerprint density at radius 2 is 1.95 bits per heavy atom. The Morgan fingerprint density at radius 1 is 1.35 bits per heavy atom. The van der Waals surface area contributed by atoms with Gasteiger partial charge in [-0.15, -0.1) is 0 Å². The Bertz CT molecular complexity index is 630. The summed E-state index contributed by atoms with van der Waals surface area (Å²) in [5, 5.41) is 8.85. The van der Waals surface area contributed by atoms with Crippen LogP contribution in [0, 0.1) is 23.7 Å². The van der Waals surface area contributed by atoms with Crippen LogP contribution in [-0.2, 0) is 14.6 Å². The number of benzene rings is 1. The molecule has 0 spiro atoms.